The van der Waals surface area contributed by atoms with E-state index in [1.165, 1.54) is 25.3 Å². The molecule has 0 saturated heterocycles. The number of halogens is 1. The van der Waals surface area contributed by atoms with Crippen molar-refractivity contribution in [1.29, 1.82) is 0 Å². The Kier molecular flexibility index (Phi) is 3.24. The summed E-state index contributed by atoms with van der Waals surface area (Å²) in [5.74, 6) is -1.66. The lowest BCUT2D eigenvalue weighted by Crippen LogP contribution is -2.06. The van der Waals surface area contributed by atoms with E-state index in [1.807, 2.05) is 0 Å². The van der Waals surface area contributed by atoms with Crippen molar-refractivity contribution >= 4 is 27.9 Å². The topological polar surface area (TPSA) is 63.6 Å². The minimum Gasteiger partial charge on any atom is -0.478 e. The van der Waals surface area contributed by atoms with Gasteiger partial charge in [-0.15, -0.1) is 0 Å². The van der Waals surface area contributed by atoms with Crippen LogP contribution in [0.15, 0.2) is 22.7 Å². The zero-order valence-electron chi connectivity index (χ0n) is 7.28. The number of hydrogen-bond donors (Lipinski definition) is 1. The van der Waals surface area contributed by atoms with Crippen LogP contribution in [0.4, 0.5) is 0 Å². The minimum absolute atomic E-state index is 0.0351. The Morgan fingerprint density at radius 1 is 1.36 bits per heavy atom. The Labute approximate surface area is 88.6 Å². The molecule has 74 valence electrons. The molecule has 1 N–H and O–H groups in total. The third kappa shape index (κ3) is 1.93. The highest BCUT2D eigenvalue weighted by atomic mass is 79.9. The number of esters is 1. The molecule has 5 heteroatoms. The van der Waals surface area contributed by atoms with Crippen LogP contribution in [0.25, 0.3) is 0 Å². The number of rotatable bonds is 2. The predicted octanol–water partition coefficient (Wildman–Crippen LogP) is 1.93. The van der Waals surface area contributed by atoms with Crippen molar-refractivity contribution in [3.63, 3.8) is 0 Å². The number of hydrogen-bond acceptors (Lipinski definition) is 3. The van der Waals surface area contributed by atoms with Crippen LogP contribution in [0.2, 0.25) is 0 Å². The van der Waals surface area contributed by atoms with Crippen LogP contribution < -0.4 is 0 Å². The molecule has 0 atom stereocenters. The van der Waals surface area contributed by atoms with Crippen molar-refractivity contribution in [3.8, 4) is 0 Å². The summed E-state index contributed by atoms with van der Waals surface area (Å²) in [6.45, 7) is 0. The molecule has 1 aromatic carbocycles. The number of carbonyl (C=O) groups excluding carboxylic acids is 1. The standard InChI is InChI=1S/C9H7BrO4/c1-14-9(13)6-4-2-3-5(7(6)10)8(11)12/h2-4H,1H3,(H,11,12). The van der Waals surface area contributed by atoms with Gasteiger partial charge in [0.15, 0.2) is 0 Å². The molecular formula is C9H7BrO4. The number of ether oxygens (including phenoxy) is 1. The van der Waals surface area contributed by atoms with Crippen LogP contribution in [-0.2, 0) is 4.74 Å². The fourth-order valence-corrected chi connectivity index (χ4v) is 1.56. The number of aromatic carboxylic acids is 1. The van der Waals surface area contributed by atoms with Gasteiger partial charge in [0.05, 0.1) is 18.2 Å². The van der Waals surface area contributed by atoms with Gasteiger partial charge in [-0.05, 0) is 28.1 Å². The van der Waals surface area contributed by atoms with Gasteiger partial charge in [-0.2, -0.15) is 0 Å². The second-order valence-electron chi connectivity index (χ2n) is 2.46. The molecule has 0 aliphatic carbocycles. The van der Waals surface area contributed by atoms with Crippen molar-refractivity contribution < 1.29 is 19.4 Å². The first-order chi connectivity index (χ1) is 6.57. The average Bonchev–Trinajstić information content (AvgIpc) is 2.16. The summed E-state index contributed by atoms with van der Waals surface area (Å²) in [6.07, 6.45) is 0. The summed E-state index contributed by atoms with van der Waals surface area (Å²) in [5, 5.41) is 8.76. The summed E-state index contributed by atoms with van der Waals surface area (Å²) in [4.78, 5) is 21.9. The van der Waals surface area contributed by atoms with Gasteiger partial charge in [0.2, 0.25) is 0 Å². The van der Waals surface area contributed by atoms with Crippen molar-refractivity contribution in [2.45, 2.75) is 0 Å². The highest BCUT2D eigenvalue weighted by molar-refractivity contribution is 9.10. The van der Waals surface area contributed by atoms with E-state index < -0.39 is 11.9 Å². The summed E-state index contributed by atoms with van der Waals surface area (Å²) in [6, 6.07) is 4.38. The molecule has 0 bridgehead atoms. The SMILES string of the molecule is COC(=O)c1cccc(C(=O)O)c1Br. The normalized spacial score (nSPS) is 9.57. The van der Waals surface area contributed by atoms with Crippen LogP contribution in [0.1, 0.15) is 20.7 Å². The Hall–Kier alpha value is -1.36. The predicted molar refractivity (Wildman–Crippen MR) is 52.4 cm³/mol. The van der Waals surface area contributed by atoms with E-state index in [-0.39, 0.29) is 15.6 Å². The highest BCUT2D eigenvalue weighted by Gasteiger charge is 2.16. The first-order valence-corrected chi connectivity index (χ1v) is 4.47. The molecule has 1 rings (SSSR count). The molecule has 0 heterocycles. The average molecular weight is 259 g/mol. The third-order valence-corrected chi connectivity index (χ3v) is 2.49. The maximum atomic E-state index is 11.2. The van der Waals surface area contributed by atoms with Crippen LogP contribution in [0.3, 0.4) is 0 Å². The molecule has 4 nitrogen and oxygen atoms in total. The lowest BCUT2D eigenvalue weighted by Gasteiger charge is -2.04. The zero-order chi connectivity index (χ0) is 10.7. The second kappa shape index (κ2) is 4.23. The van der Waals surface area contributed by atoms with E-state index in [1.54, 1.807) is 0 Å². The first-order valence-electron chi connectivity index (χ1n) is 3.68. The molecule has 0 amide bonds. The van der Waals surface area contributed by atoms with Gasteiger partial charge in [0.25, 0.3) is 0 Å². The molecule has 14 heavy (non-hydrogen) atoms. The summed E-state index contributed by atoms with van der Waals surface area (Å²) in [5.41, 5.74) is 0.236. The number of methoxy groups -OCH3 is 1. The smallest absolute Gasteiger partial charge is 0.339 e. The lowest BCUT2D eigenvalue weighted by molar-refractivity contribution is 0.0599. The third-order valence-electron chi connectivity index (χ3n) is 1.63. The summed E-state index contributed by atoms with van der Waals surface area (Å²) < 4.78 is 4.73. The fraction of sp³-hybridized carbons (Fsp3) is 0.111. The number of carboxylic acids is 1. The minimum atomic E-state index is -1.09. The molecule has 0 radical (unpaired) electrons. The highest BCUT2D eigenvalue weighted by Crippen LogP contribution is 2.22. The second-order valence-corrected chi connectivity index (χ2v) is 3.26. The molecular weight excluding hydrogens is 252 g/mol. The van der Waals surface area contributed by atoms with Gasteiger partial charge in [0, 0.05) is 4.47 Å². The van der Waals surface area contributed by atoms with E-state index >= 15 is 0 Å². The van der Waals surface area contributed by atoms with Crippen molar-refractivity contribution in [2.24, 2.45) is 0 Å². The van der Waals surface area contributed by atoms with Crippen molar-refractivity contribution in [3.05, 3.63) is 33.8 Å². The molecule has 0 unspecified atom stereocenters. The van der Waals surface area contributed by atoms with Gasteiger partial charge in [0.1, 0.15) is 0 Å². The Bertz CT molecular complexity index is 386. The largest absolute Gasteiger partial charge is 0.478 e. The Balaban J connectivity index is 3.27. The van der Waals surface area contributed by atoms with Crippen molar-refractivity contribution in [2.75, 3.05) is 7.11 Å². The Morgan fingerprint density at radius 2 is 1.93 bits per heavy atom. The van der Waals surface area contributed by atoms with Gasteiger partial charge in [-0.25, -0.2) is 9.59 Å². The van der Waals surface area contributed by atoms with Gasteiger partial charge in [-0.1, -0.05) is 6.07 Å². The molecule has 0 aliphatic heterocycles. The van der Waals surface area contributed by atoms with E-state index in [2.05, 4.69) is 20.7 Å². The first kappa shape index (κ1) is 10.7. The van der Waals surface area contributed by atoms with Crippen LogP contribution >= 0.6 is 15.9 Å². The van der Waals surface area contributed by atoms with Gasteiger partial charge < -0.3 is 9.84 Å². The maximum absolute atomic E-state index is 11.2. The van der Waals surface area contributed by atoms with E-state index in [0.717, 1.165) is 0 Å². The quantitative estimate of drug-likeness (QED) is 0.824. The fourth-order valence-electron chi connectivity index (χ4n) is 0.965. The lowest BCUT2D eigenvalue weighted by atomic mass is 10.1. The van der Waals surface area contributed by atoms with Gasteiger partial charge in [-0.3, -0.25) is 0 Å². The van der Waals surface area contributed by atoms with Crippen LogP contribution in [-0.4, -0.2) is 24.2 Å². The zero-order valence-corrected chi connectivity index (χ0v) is 8.87. The summed E-state index contributed by atoms with van der Waals surface area (Å²) >= 11 is 3.04. The van der Waals surface area contributed by atoms with E-state index in [4.69, 9.17) is 5.11 Å². The van der Waals surface area contributed by atoms with Crippen molar-refractivity contribution in [1.82, 2.24) is 0 Å². The van der Waals surface area contributed by atoms with E-state index in [0.29, 0.717) is 0 Å². The van der Waals surface area contributed by atoms with Gasteiger partial charge >= 0.3 is 11.9 Å². The molecule has 0 aromatic heterocycles. The van der Waals surface area contributed by atoms with E-state index in [9.17, 15) is 9.59 Å². The molecule has 0 fully saturated rings. The van der Waals surface area contributed by atoms with Crippen LogP contribution in [0.5, 0.6) is 0 Å². The Morgan fingerprint density at radius 3 is 2.43 bits per heavy atom. The monoisotopic (exact) mass is 258 g/mol. The molecule has 1 aromatic rings. The number of carbonyl (C=O) groups is 2. The number of carboxylic acid groups (broad SMARTS) is 1. The molecule has 0 saturated carbocycles. The molecule has 0 spiro atoms. The van der Waals surface area contributed by atoms with Crippen LogP contribution in [0, 0.1) is 0 Å². The molecule has 0 aliphatic rings. The summed E-state index contributed by atoms with van der Waals surface area (Å²) in [7, 11) is 1.24. The number of benzene rings is 1. The maximum Gasteiger partial charge on any atom is 0.339 e.